The van der Waals surface area contributed by atoms with Gasteiger partial charge in [-0.05, 0) is 29.0 Å². The summed E-state index contributed by atoms with van der Waals surface area (Å²) in [6.07, 6.45) is 2.23. The van der Waals surface area contributed by atoms with Crippen molar-refractivity contribution in [2.45, 2.75) is 25.8 Å². The van der Waals surface area contributed by atoms with E-state index in [-0.39, 0.29) is 5.91 Å². The number of nitrogens with zero attached hydrogens (tertiary/aromatic N) is 1. The van der Waals surface area contributed by atoms with Gasteiger partial charge in [0.2, 0.25) is 0 Å². The standard InChI is InChI=1S/C21H20N2OS/c1-2-17-15-10-12-25-19(15)9-11-22(17)13-23-18-8-4-6-14-5-3-7-16(20(14)18)21(23)24/h3-8,10,12,17H,2,9,11,13H2,1H3/p+1/t17-/m1/s1. The Morgan fingerprint density at radius 2 is 2.04 bits per heavy atom. The van der Waals surface area contributed by atoms with Crippen LogP contribution in [-0.4, -0.2) is 19.1 Å². The van der Waals surface area contributed by atoms with Crippen molar-refractivity contribution in [1.82, 2.24) is 0 Å². The summed E-state index contributed by atoms with van der Waals surface area (Å²) in [5.41, 5.74) is 3.43. The number of anilines is 1. The van der Waals surface area contributed by atoms with Crippen LogP contribution in [0.5, 0.6) is 0 Å². The molecule has 126 valence electrons. The van der Waals surface area contributed by atoms with Crippen molar-refractivity contribution in [1.29, 1.82) is 0 Å². The largest absolute Gasteiger partial charge is 0.311 e. The first kappa shape index (κ1) is 15.1. The van der Waals surface area contributed by atoms with Crippen LogP contribution in [0.3, 0.4) is 0 Å². The van der Waals surface area contributed by atoms with Gasteiger partial charge in [0.05, 0.1) is 17.8 Å². The third kappa shape index (κ3) is 2.17. The summed E-state index contributed by atoms with van der Waals surface area (Å²) in [7, 11) is 0. The number of amides is 1. The van der Waals surface area contributed by atoms with E-state index in [0.717, 1.165) is 48.1 Å². The van der Waals surface area contributed by atoms with E-state index in [2.05, 4.69) is 42.6 Å². The van der Waals surface area contributed by atoms with E-state index in [4.69, 9.17) is 0 Å². The van der Waals surface area contributed by atoms with Gasteiger partial charge in [0, 0.05) is 28.7 Å². The maximum Gasteiger partial charge on any atom is 0.263 e. The number of thiophene rings is 1. The summed E-state index contributed by atoms with van der Waals surface area (Å²) >= 11 is 1.88. The maximum atomic E-state index is 13.1. The Bertz CT molecular complexity index is 972. The van der Waals surface area contributed by atoms with Crippen LogP contribution >= 0.6 is 11.3 Å². The van der Waals surface area contributed by atoms with Crippen LogP contribution in [0.25, 0.3) is 10.8 Å². The van der Waals surface area contributed by atoms with Crippen LogP contribution in [0, 0.1) is 0 Å². The summed E-state index contributed by atoms with van der Waals surface area (Å²) in [5.74, 6) is 0.158. The molecular weight excluding hydrogens is 328 g/mol. The fraction of sp³-hybridized carbons (Fsp3) is 0.286. The zero-order valence-corrected chi connectivity index (χ0v) is 15.1. The molecule has 2 aromatic carbocycles. The van der Waals surface area contributed by atoms with Gasteiger partial charge >= 0.3 is 0 Å². The number of rotatable bonds is 3. The molecule has 1 aromatic heterocycles. The molecule has 1 amide bonds. The van der Waals surface area contributed by atoms with E-state index < -0.39 is 0 Å². The third-order valence-corrected chi connectivity index (χ3v) is 6.74. The Balaban J connectivity index is 1.52. The number of quaternary nitrogens is 1. The van der Waals surface area contributed by atoms with E-state index in [1.165, 1.54) is 15.3 Å². The fourth-order valence-electron chi connectivity index (χ4n) is 4.57. The molecule has 5 rings (SSSR count). The second kappa shape index (κ2) is 5.68. The molecule has 4 heteroatoms. The van der Waals surface area contributed by atoms with Crippen molar-refractivity contribution < 1.29 is 9.69 Å². The number of benzene rings is 2. The van der Waals surface area contributed by atoms with Crippen LogP contribution in [0.2, 0.25) is 0 Å². The molecule has 0 radical (unpaired) electrons. The van der Waals surface area contributed by atoms with Crippen LogP contribution in [0.15, 0.2) is 47.8 Å². The predicted molar refractivity (Wildman–Crippen MR) is 103 cm³/mol. The predicted octanol–water partition coefficient (Wildman–Crippen LogP) is 3.41. The fourth-order valence-corrected chi connectivity index (χ4v) is 5.51. The molecule has 3 nitrogen and oxygen atoms in total. The Labute approximate surface area is 151 Å². The van der Waals surface area contributed by atoms with Crippen LogP contribution in [0.1, 0.15) is 40.2 Å². The smallest absolute Gasteiger partial charge is 0.263 e. The molecule has 0 aliphatic carbocycles. The minimum absolute atomic E-state index is 0.158. The molecular formula is C21H21N2OS+. The minimum atomic E-state index is 0.158. The molecule has 2 aliphatic rings. The lowest BCUT2D eigenvalue weighted by atomic mass is 9.98. The number of carbonyl (C=O) groups excluding carboxylic acids is 1. The average Bonchev–Trinajstić information content (AvgIpc) is 3.22. The minimum Gasteiger partial charge on any atom is -0.311 e. The van der Waals surface area contributed by atoms with E-state index in [1.807, 2.05) is 28.4 Å². The molecule has 0 bridgehead atoms. The summed E-state index contributed by atoms with van der Waals surface area (Å²) in [6.45, 7) is 4.11. The highest BCUT2D eigenvalue weighted by Gasteiger charge is 2.36. The van der Waals surface area contributed by atoms with E-state index in [9.17, 15) is 4.79 Å². The van der Waals surface area contributed by atoms with Gasteiger partial charge in [0.1, 0.15) is 6.04 Å². The van der Waals surface area contributed by atoms with E-state index >= 15 is 0 Å². The topological polar surface area (TPSA) is 24.8 Å². The zero-order valence-electron chi connectivity index (χ0n) is 14.3. The van der Waals surface area contributed by atoms with E-state index in [0.29, 0.717) is 6.04 Å². The van der Waals surface area contributed by atoms with Crippen molar-refractivity contribution in [3.63, 3.8) is 0 Å². The molecule has 1 N–H and O–H groups in total. The summed E-state index contributed by atoms with van der Waals surface area (Å²) in [6, 6.07) is 15.1. The van der Waals surface area contributed by atoms with Crippen molar-refractivity contribution in [2.24, 2.45) is 0 Å². The highest BCUT2D eigenvalue weighted by atomic mass is 32.1. The SMILES string of the molecule is CC[C@@H]1c2ccsc2CC[NH+]1CN1C(=O)c2cccc3cccc1c23. The number of hydrogen-bond acceptors (Lipinski definition) is 2. The van der Waals surface area contributed by atoms with Crippen LogP contribution in [0.4, 0.5) is 5.69 Å². The van der Waals surface area contributed by atoms with Crippen LogP contribution < -0.4 is 9.80 Å². The molecule has 0 fully saturated rings. The second-order valence-electron chi connectivity index (χ2n) is 6.99. The Hall–Kier alpha value is -2.17. The average molecular weight is 349 g/mol. The van der Waals surface area contributed by atoms with Gasteiger partial charge in [-0.3, -0.25) is 9.69 Å². The first-order valence-electron chi connectivity index (χ1n) is 9.02. The first-order valence-corrected chi connectivity index (χ1v) is 9.90. The van der Waals surface area contributed by atoms with Gasteiger partial charge in [0.15, 0.2) is 6.67 Å². The molecule has 0 saturated heterocycles. The zero-order chi connectivity index (χ0) is 17.0. The lowest BCUT2D eigenvalue weighted by molar-refractivity contribution is -0.932. The Morgan fingerprint density at radius 1 is 1.20 bits per heavy atom. The van der Waals surface area contributed by atoms with Crippen molar-refractivity contribution in [2.75, 3.05) is 18.1 Å². The molecule has 25 heavy (non-hydrogen) atoms. The van der Waals surface area contributed by atoms with Crippen molar-refractivity contribution in [3.8, 4) is 0 Å². The first-order chi connectivity index (χ1) is 12.3. The molecule has 0 saturated carbocycles. The second-order valence-corrected chi connectivity index (χ2v) is 7.99. The molecule has 2 aliphatic heterocycles. The quantitative estimate of drug-likeness (QED) is 0.770. The van der Waals surface area contributed by atoms with Crippen molar-refractivity contribution in [3.05, 3.63) is 63.8 Å². The maximum absolute atomic E-state index is 13.1. The van der Waals surface area contributed by atoms with Crippen molar-refractivity contribution >= 4 is 33.7 Å². The van der Waals surface area contributed by atoms with E-state index in [1.54, 1.807) is 0 Å². The number of carbonyl (C=O) groups is 1. The third-order valence-electron chi connectivity index (χ3n) is 5.74. The molecule has 0 spiro atoms. The lowest BCUT2D eigenvalue weighted by Crippen LogP contribution is -3.15. The van der Waals surface area contributed by atoms with Crippen LogP contribution in [-0.2, 0) is 6.42 Å². The number of hydrogen-bond donors (Lipinski definition) is 1. The summed E-state index contributed by atoms with van der Waals surface area (Å²) < 4.78 is 0. The lowest BCUT2D eigenvalue weighted by Gasteiger charge is -2.34. The summed E-state index contributed by atoms with van der Waals surface area (Å²) in [5, 5.41) is 4.50. The Morgan fingerprint density at radius 3 is 2.88 bits per heavy atom. The summed E-state index contributed by atoms with van der Waals surface area (Å²) in [4.78, 5) is 18.1. The van der Waals surface area contributed by atoms with Gasteiger partial charge in [-0.2, -0.15) is 0 Å². The molecule has 2 atom stereocenters. The highest BCUT2D eigenvalue weighted by Crippen LogP contribution is 2.36. The highest BCUT2D eigenvalue weighted by molar-refractivity contribution is 7.10. The molecule has 3 heterocycles. The van der Waals surface area contributed by atoms with Gasteiger partial charge < -0.3 is 4.90 Å². The molecule has 1 unspecified atom stereocenters. The van der Waals surface area contributed by atoms with Gasteiger partial charge in [0.25, 0.3) is 5.91 Å². The monoisotopic (exact) mass is 349 g/mol. The van der Waals surface area contributed by atoms with Gasteiger partial charge in [-0.25, -0.2) is 0 Å². The van der Waals surface area contributed by atoms with Gasteiger partial charge in [-0.15, -0.1) is 11.3 Å². The van der Waals surface area contributed by atoms with Gasteiger partial charge in [-0.1, -0.05) is 31.2 Å². The number of nitrogens with one attached hydrogen (secondary N) is 1. The normalized spacial score (nSPS) is 21.8. The Kier molecular flexibility index (Phi) is 3.43. The molecule has 3 aromatic rings. The number of fused-ring (bicyclic) bond motifs is 1.